The summed E-state index contributed by atoms with van der Waals surface area (Å²) in [6, 6.07) is 0. The zero-order valence-electron chi connectivity index (χ0n) is 13.9. The van der Waals surface area contributed by atoms with E-state index in [2.05, 4.69) is 22.9 Å². The van der Waals surface area contributed by atoms with E-state index in [1.807, 2.05) is 0 Å². The van der Waals surface area contributed by atoms with E-state index >= 15 is 0 Å². The summed E-state index contributed by atoms with van der Waals surface area (Å²) in [7, 11) is -5.61. The van der Waals surface area contributed by atoms with Gasteiger partial charge in [0.05, 0.1) is 0 Å². The number of carboxylic acid groups (broad SMARTS) is 4. The molecule has 0 bridgehead atoms. The molecular weight excluding hydrogens is 416 g/mol. The number of hydrogen-bond donors (Lipinski definition) is 8. The van der Waals surface area contributed by atoms with Crippen LogP contribution in [0.2, 0.25) is 0 Å². The SMILES string of the molecule is NC(=O)O.NC(=O)O.NC(=O)O.NC(=O)O.[Na+].[Na+].[Na+].[Na+].[O-][Si]([O-])([O-])[O-]. The maximum atomic E-state index is 8.78. The Morgan fingerprint density at radius 2 is 0.520 bits per heavy atom. The van der Waals surface area contributed by atoms with Crippen LogP contribution >= 0.6 is 0 Å². The van der Waals surface area contributed by atoms with Crippen molar-refractivity contribution >= 4 is 33.4 Å². The maximum Gasteiger partial charge on any atom is 1.00 e. The van der Waals surface area contributed by atoms with Crippen molar-refractivity contribution in [1.82, 2.24) is 0 Å². The third kappa shape index (κ3) is 10400. The van der Waals surface area contributed by atoms with Crippen molar-refractivity contribution in [2.75, 3.05) is 0 Å². The fourth-order valence-electron chi connectivity index (χ4n) is 0. The Morgan fingerprint density at radius 3 is 0.520 bits per heavy atom. The monoisotopic (exact) mass is 428 g/mol. The second-order valence-electron chi connectivity index (χ2n) is 1.85. The molecular formula is C4H12N4Na4O12Si. The summed E-state index contributed by atoms with van der Waals surface area (Å²) in [5, 5.41) is 28.8. The average molecular weight is 428 g/mol. The minimum atomic E-state index is -5.61. The number of rotatable bonds is 0. The Balaban J connectivity index is -0.0000000176. The minimum absolute atomic E-state index is 0. The van der Waals surface area contributed by atoms with Gasteiger partial charge in [-0.1, -0.05) is 0 Å². The third-order valence-electron chi connectivity index (χ3n) is 0. The first kappa shape index (κ1) is 56.2. The average Bonchev–Trinajstić information content (AvgIpc) is 1.91. The van der Waals surface area contributed by atoms with Crippen LogP contribution < -0.4 is 160 Å². The number of primary amides is 4. The van der Waals surface area contributed by atoms with Gasteiger partial charge in [-0.05, 0) is 0 Å². The van der Waals surface area contributed by atoms with Crippen LogP contribution in [0.4, 0.5) is 19.2 Å². The van der Waals surface area contributed by atoms with E-state index < -0.39 is 33.4 Å². The van der Waals surface area contributed by atoms with Crippen molar-refractivity contribution in [3.63, 3.8) is 0 Å². The van der Waals surface area contributed by atoms with Crippen LogP contribution in [0.15, 0.2) is 0 Å². The van der Waals surface area contributed by atoms with Crippen LogP contribution in [-0.2, 0) is 0 Å². The molecule has 12 N–H and O–H groups in total. The molecule has 0 unspecified atom stereocenters. The van der Waals surface area contributed by atoms with E-state index in [9.17, 15) is 0 Å². The molecule has 0 saturated carbocycles. The zero-order chi connectivity index (χ0) is 18.8. The van der Waals surface area contributed by atoms with Crippen molar-refractivity contribution in [1.29, 1.82) is 0 Å². The Bertz CT molecular complexity index is 248. The molecule has 0 spiro atoms. The quantitative estimate of drug-likeness (QED) is 0.167. The van der Waals surface area contributed by atoms with E-state index in [0.717, 1.165) is 0 Å². The Labute approximate surface area is 230 Å². The smallest absolute Gasteiger partial charge is 0.894 e. The van der Waals surface area contributed by atoms with Crippen molar-refractivity contribution in [3.8, 4) is 0 Å². The Kier molecular flexibility index (Phi) is 90.0. The molecule has 0 fully saturated rings. The second-order valence-corrected chi connectivity index (χ2v) is 2.85. The van der Waals surface area contributed by atoms with E-state index in [-0.39, 0.29) is 118 Å². The number of amides is 4. The molecule has 0 aromatic heterocycles. The molecule has 0 aromatic rings. The summed E-state index contributed by atoms with van der Waals surface area (Å²) in [6.45, 7) is 0. The summed E-state index contributed by atoms with van der Waals surface area (Å²) in [6.07, 6.45) is -5.33. The number of nitrogens with two attached hydrogens (primary N) is 4. The van der Waals surface area contributed by atoms with Crippen LogP contribution in [0.1, 0.15) is 0 Å². The van der Waals surface area contributed by atoms with Crippen LogP contribution in [0, 0.1) is 0 Å². The first-order valence-electron chi connectivity index (χ1n) is 3.68. The molecule has 21 heteroatoms. The summed E-state index contributed by atoms with van der Waals surface area (Å²) in [5.41, 5.74) is 16.1. The fraction of sp³-hybridized carbons (Fsp3) is 0. The van der Waals surface area contributed by atoms with Gasteiger partial charge in [0.2, 0.25) is 0 Å². The van der Waals surface area contributed by atoms with E-state index in [1.165, 1.54) is 0 Å². The predicted molar refractivity (Wildman–Crippen MR) is 54.6 cm³/mol. The van der Waals surface area contributed by atoms with E-state index in [1.54, 1.807) is 0 Å². The van der Waals surface area contributed by atoms with E-state index in [0.29, 0.717) is 0 Å². The van der Waals surface area contributed by atoms with Gasteiger partial charge in [-0.15, -0.1) is 0 Å². The number of carbonyl (C=O) groups is 4. The van der Waals surface area contributed by atoms with Gasteiger partial charge < -0.3 is 71.6 Å². The van der Waals surface area contributed by atoms with Gasteiger partial charge in [-0.3, -0.25) is 0 Å². The first-order valence-corrected chi connectivity index (χ1v) is 5.32. The van der Waals surface area contributed by atoms with Gasteiger partial charge in [0.25, 0.3) is 0 Å². The largest absolute Gasteiger partial charge is 1.00 e. The van der Waals surface area contributed by atoms with Crippen LogP contribution in [-0.4, -0.2) is 53.8 Å². The normalized spacial score (nSPS) is 6.24. The topological polar surface area (TPSA) is 346 Å². The standard InChI is InChI=1S/4CH3NO2.4Na.O4Si/c4*2-1(3)4;;;;;1-5(2,3)4/h4*2H2,(H,3,4);;;;;/q;;;;4*+1;-4. The van der Waals surface area contributed by atoms with Gasteiger partial charge >= 0.3 is 143 Å². The molecule has 4 amide bonds. The molecule has 0 rings (SSSR count). The summed E-state index contributed by atoms with van der Waals surface area (Å²) in [5.74, 6) is 0. The summed E-state index contributed by atoms with van der Waals surface area (Å²) >= 11 is 0. The molecule has 0 aromatic carbocycles. The van der Waals surface area contributed by atoms with Crippen molar-refractivity contribution in [2.24, 2.45) is 22.9 Å². The molecule has 0 heterocycles. The molecule has 0 aliphatic carbocycles. The molecule has 128 valence electrons. The van der Waals surface area contributed by atoms with Gasteiger partial charge in [0.15, 0.2) is 0 Å². The summed E-state index contributed by atoms with van der Waals surface area (Å²) < 4.78 is 0. The predicted octanol–water partition coefficient (Wildman–Crippen LogP) is -18.6. The fourth-order valence-corrected chi connectivity index (χ4v) is 0. The van der Waals surface area contributed by atoms with Gasteiger partial charge in [0, 0.05) is 0 Å². The molecule has 25 heavy (non-hydrogen) atoms. The van der Waals surface area contributed by atoms with E-state index in [4.69, 9.17) is 58.8 Å². The van der Waals surface area contributed by atoms with Gasteiger partial charge in [-0.25, -0.2) is 19.2 Å². The van der Waals surface area contributed by atoms with Crippen molar-refractivity contribution in [3.05, 3.63) is 0 Å². The zero-order valence-corrected chi connectivity index (χ0v) is 22.9. The van der Waals surface area contributed by atoms with Crippen molar-refractivity contribution < 1.29 is 177 Å². The maximum absolute atomic E-state index is 8.78. The number of hydrogen-bond acceptors (Lipinski definition) is 8. The first-order chi connectivity index (χ1) is 8.93. The van der Waals surface area contributed by atoms with Crippen LogP contribution in [0.3, 0.4) is 0 Å². The Morgan fingerprint density at radius 1 is 0.520 bits per heavy atom. The van der Waals surface area contributed by atoms with Gasteiger partial charge in [0.1, 0.15) is 0 Å². The van der Waals surface area contributed by atoms with Gasteiger partial charge in [-0.2, -0.15) is 0 Å². The van der Waals surface area contributed by atoms with Crippen LogP contribution in [0.5, 0.6) is 0 Å². The molecule has 0 atom stereocenters. The minimum Gasteiger partial charge on any atom is -0.894 e. The van der Waals surface area contributed by atoms with Crippen molar-refractivity contribution in [2.45, 2.75) is 0 Å². The Hall–Kier alpha value is 1.14. The molecule has 0 saturated heterocycles. The molecule has 16 nitrogen and oxygen atoms in total. The van der Waals surface area contributed by atoms with Crippen LogP contribution in [0.25, 0.3) is 0 Å². The molecule has 0 aliphatic heterocycles. The molecule has 0 aliphatic rings. The second kappa shape index (κ2) is 40.0. The summed E-state index contributed by atoms with van der Waals surface area (Å²) in [4.78, 5) is 69.4. The third-order valence-corrected chi connectivity index (χ3v) is 0. The molecule has 0 radical (unpaired) electrons.